The lowest BCUT2D eigenvalue weighted by atomic mass is 9.95. The molecule has 0 aliphatic carbocycles. The van der Waals surface area contributed by atoms with Crippen LogP contribution in [0.4, 0.5) is 0 Å². The van der Waals surface area contributed by atoms with Crippen molar-refractivity contribution in [3.8, 4) is 0 Å². The first kappa shape index (κ1) is 19.4. The van der Waals surface area contributed by atoms with Gasteiger partial charge in [-0.3, -0.25) is 9.59 Å². The summed E-state index contributed by atoms with van der Waals surface area (Å²) in [6.07, 6.45) is 0.652. The molecule has 2 atom stereocenters. The third-order valence-electron chi connectivity index (χ3n) is 4.83. The number of amides is 2. The van der Waals surface area contributed by atoms with Crippen LogP contribution in [0.2, 0.25) is 0 Å². The summed E-state index contributed by atoms with van der Waals surface area (Å²) in [5, 5.41) is 0. The van der Waals surface area contributed by atoms with Crippen molar-refractivity contribution in [1.82, 2.24) is 4.90 Å². The summed E-state index contributed by atoms with van der Waals surface area (Å²) in [7, 11) is 0. The zero-order chi connectivity index (χ0) is 19.9. The van der Waals surface area contributed by atoms with Gasteiger partial charge in [-0.1, -0.05) is 85.8 Å². The molecule has 2 amide bonds. The molecule has 3 rings (SSSR count). The standard InChI is InChI=1S/C24H24N2O2/c1-2-21(18-12-6-3-7-13-18)26(24(28)20-16-10-5-11-17-20)22(23(25)27)19-14-8-4-9-15-19/h3-17,21-22H,2H2,1H3,(H2,25,27)/t21-,22-/m1/s1. The normalized spacial score (nSPS) is 12.8. The van der Waals surface area contributed by atoms with Gasteiger partial charge < -0.3 is 10.6 Å². The fourth-order valence-electron chi connectivity index (χ4n) is 3.53. The van der Waals surface area contributed by atoms with Crippen molar-refractivity contribution in [1.29, 1.82) is 0 Å². The Hall–Kier alpha value is -3.40. The fraction of sp³-hybridized carbons (Fsp3) is 0.167. The highest BCUT2D eigenvalue weighted by Gasteiger charge is 2.35. The lowest BCUT2D eigenvalue weighted by molar-refractivity contribution is -0.123. The van der Waals surface area contributed by atoms with Crippen molar-refractivity contribution < 1.29 is 9.59 Å². The van der Waals surface area contributed by atoms with Gasteiger partial charge in [-0.15, -0.1) is 0 Å². The van der Waals surface area contributed by atoms with Gasteiger partial charge in [-0.2, -0.15) is 0 Å². The molecule has 2 N–H and O–H groups in total. The number of carbonyl (C=O) groups is 2. The van der Waals surface area contributed by atoms with E-state index in [0.717, 1.165) is 5.56 Å². The zero-order valence-electron chi connectivity index (χ0n) is 15.9. The minimum atomic E-state index is -0.862. The second kappa shape index (κ2) is 9.00. The molecule has 28 heavy (non-hydrogen) atoms. The molecule has 0 radical (unpaired) electrons. The maximum atomic E-state index is 13.6. The van der Waals surface area contributed by atoms with E-state index in [2.05, 4.69) is 0 Å². The number of benzene rings is 3. The largest absolute Gasteiger partial charge is 0.368 e. The Morgan fingerprint density at radius 2 is 1.25 bits per heavy atom. The first-order valence-electron chi connectivity index (χ1n) is 9.40. The zero-order valence-corrected chi connectivity index (χ0v) is 15.9. The van der Waals surface area contributed by atoms with Crippen LogP contribution in [0.3, 0.4) is 0 Å². The SMILES string of the molecule is CC[C@H](c1ccccc1)N(C(=O)c1ccccc1)[C@@H](C(N)=O)c1ccccc1. The number of nitrogens with zero attached hydrogens (tertiary/aromatic N) is 1. The Balaban J connectivity index is 2.15. The topological polar surface area (TPSA) is 63.4 Å². The average Bonchev–Trinajstić information content (AvgIpc) is 2.75. The van der Waals surface area contributed by atoms with Gasteiger partial charge in [0, 0.05) is 5.56 Å². The monoisotopic (exact) mass is 372 g/mol. The summed E-state index contributed by atoms with van der Waals surface area (Å²) in [6, 6.07) is 26.8. The second-order valence-electron chi connectivity index (χ2n) is 6.63. The summed E-state index contributed by atoms with van der Waals surface area (Å²) in [5.41, 5.74) is 8.02. The predicted molar refractivity (Wildman–Crippen MR) is 110 cm³/mol. The molecule has 0 saturated heterocycles. The first-order valence-corrected chi connectivity index (χ1v) is 9.40. The highest BCUT2D eigenvalue weighted by atomic mass is 16.2. The summed E-state index contributed by atoms with van der Waals surface area (Å²) in [6.45, 7) is 2.01. The summed E-state index contributed by atoms with van der Waals surface area (Å²) >= 11 is 0. The number of nitrogens with two attached hydrogens (primary N) is 1. The van der Waals surface area contributed by atoms with Crippen LogP contribution in [-0.2, 0) is 4.79 Å². The molecule has 142 valence electrons. The Kier molecular flexibility index (Phi) is 6.22. The van der Waals surface area contributed by atoms with Crippen molar-refractivity contribution in [3.63, 3.8) is 0 Å². The van der Waals surface area contributed by atoms with Crippen LogP contribution < -0.4 is 5.73 Å². The fourth-order valence-corrected chi connectivity index (χ4v) is 3.53. The van der Waals surface area contributed by atoms with Crippen molar-refractivity contribution >= 4 is 11.8 Å². The molecule has 0 spiro atoms. The molecule has 0 aliphatic heterocycles. The first-order chi connectivity index (χ1) is 13.6. The number of primary amides is 1. The van der Waals surface area contributed by atoms with Crippen LogP contribution >= 0.6 is 0 Å². The maximum absolute atomic E-state index is 13.6. The molecule has 0 aromatic heterocycles. The molecule has 0 heterocycles. The van der Waals surface area contributed by atoms with E-state index in [0.29, 0.717) is 17.5 Å². The van der Waals surface area contributed by atoms with Crippen LogP contribution in [-0.4, -0.2) is 16.7 Å². The van der Waals surface area contributed by atoms with Crippen LogP contribution in [0.1, 0.15) is 46.9 Å². The molecule has 3 aromatic rings. The van der Waals surface area contributed by atoms with E-state index in [1.807, 2.05) is 85.8 Å². The highest BCUT2D eigenvalue weighted by Crippen LogP contribution is 2.34. The molecule has 0 fully saturated rings. The van der Waals surface area contributed by atoms with E-state index in [1.54, 1.807) is 17.0 Å². The number of rotatable bonds is 7. The van der Waals surface area contributed by atoms with Crippen LogP contribution in [0.5, 0.6) is 0 Å². The van der Waals surface area contributed by atoms with E-state index >= 15 is 0 Å². The van der Waals surface area contributed by atoms with Gasteiger partial charge >= 0.3 is 0 Å². The van der Waals surface area contributed by atoms with E-state index < -0.39 is 11.9 Å². The van der Waals surface area contributed by atoms with Gasteiger partial charge in [0.15, 0.2) is 0 Å². The third kappa shape index (κ3) is 4.12. The van der Waals surface area contributed by atoms with Crippen LogP contribution in [0.25, 0.3) is 0 Å². The van der Waals surface area contributed by atoms with E-state index in [9.17, 15) is 9.59 Å². The molecule has 0 saturated carbocycles. The van der Waals surface area contributed by atoms with Gasteiger partial charge in [-0.05, 0) is 29.7 Å². The highest BCUT2D eigenvalue weighted by molar-refractivity contribution is 5.98. The van der Waals surface area contributed by atoms with E-state index in [1.165, 1.54) is 0 Å². The predicted octanol–water partition coefficient (Wildman–Crippen LogP) is 4.51. The minimum Gasteiger partial charge on any atom is -0.368 e. The Morgan fingerprint density at radius 3 is 1.71 bits per heavy atom. The number of hydrogen-bond acceptors (Lipinski definition) is 2. The molecule has 4 nitrogen and oxygen atoms in total. The van der Waals surface area contributed by atoms with Crippen molar-refractivity contribution in [2.24, 2.45) is 5.73 Å². The van der Waals surface area contributed by atoms with Gasteiger partial charge in [0.1, 0.15) is 6.04 Å². The third-order valence-corrected chi connectivity index (χ3v) is 4.83. The summed E-state index contributed by atoms with van der Waals surface area (Å²) in [5.74, 6) is -0.770. The molecular formula is C24H24N2O2. The summed E-state index contributed by atoms with van der Waals surface area (Å²) < 4.78 is 0. The van der Waals surface area contributed by atoms with Crippen molar-refractivity contribution in [2.75, 3.05) is 0 Å². The lowest BCUT2D eigenvalue weighted by Gasteiger charge is -2.37. The molecule has 4 heteroatoms. The molecule has 0 bridgehead atoms. The molecule has 3 aromatic carbocycles. The second-order valence-corrected chi connectivity index (χ2v) is 6.63. The average molecular weight is 372 g/mol. The Labute approximate surface area is 165 Å². The molecule has 0 aliphatic rings. The number of hydrogen-bond donors (Lipinski definition) is 1. The Morgan fingerprint density at radius 1 is 0.786 bits per heavy atom. The van der Waals surface area contributed by atoms with Crippen molar-refractivity contribution in [2.45, 2.75) is 25.4 Å². The van der Waals surface area contributed by atoms with Gasteiger partial charge in [0.05, 0.1) is 6.04 Å². The summed E-state index contributed by atoms with van der Waals surface area (Å²) in [4.78, 5) is 27.7. The smallest absolute Gasteiger partial charge is 0.255 e. The van der Waals surface area contributed by atoms with E-state index in [4.69, 9.17) is 5.73 Å². The quantitative estimate of drug-likeness (QED) is 0.663. The van der Waals surface area contributed by atoms with Gasteiger partial charge in [0.25, 0.3) is 5.91 Å². The lowest BCUT2D eigenvalue weighted by Crippen LogP contribution is -2.43. The van der Waals surface area contributed by atoms with Gasteiger partial charge in [0.2, 0.25) is 5.91 Å². The van der Waals surface area contributed by atoms with Crippen molar-refractivity contribution in [3.05, 3.63) is 108 Å². The molecule has 0 unspecified atom stereocenters. The maximum Gasteiger partial charge on any atom is 0.255 e. The number of carbonyl (C=O) groups excluding carboxylic acids is 2. The minimum absolute atomic E-state index is 0.219. The Bertz CT molecular complexity index is 911. The van der Waals surface area contributed by atoms with Crippen LogP contribution in [0, 0.1) is 0 Å². The molecular weight excluding hydrogens is 348 g/mol. The van der Waals surface area contributed by atoms with Gasteiger partial charge in [-0.25, -0.2) is 0 Å². The van der Waals surface area contributed by atoms with E-state index in [-0.39, 0.29) is 11.9 Å². The van der Waals surface area contributed by atoms with Crippen LogP contribution in [0.15, 0.2) is 91.0 Å².